The molecule has 0 unspecified atom stereocenters. The standard InChI is InChI=1S/C20H20ClN3O4S/c1-27-17-4-2-3-15(13-17)20-22-19(23-28-20)14-9-11-24(12-10-14)29(25,26)18-7-5-16(21)6-8-18/h2-8,13-14H,9-12H2,1H3. The summed E-state index contributed by atoms with van der Waals surface area (Å²) in [6.45, 7) is 0.803. The van der Waals surface area contributed by atoms with Gasteiger partial charge in [-0.15, -0.1) is 0 Å². The second-order valence-corrected chi connectivity index (χ2v) is 9.20. The van der Waals surface area contributed by atoms with Crippen LogP contribution in [0.25, 0.3) is 11.5 Å². The molecule has 0 N–H and O–H groups in total. The first-order valence-corrected chi connectivity index (χ1v) is 11.0. The molecule has 0 radical (unpaired) electrons. The van der Waals surface area contributed by atoms with E-state index in [0.717, 1.165) is 5.56 Å². The maximum absolute atomic E-state index is 12.8. The van der Waals surface area contributed by atoms with E-state index >= 15 is 0 Å². The van der Waals surface area contributed by atoms with Gasteiger partial charge in [0.1, 0.15) is 5.75 Å². The molecule has 0 bridgehead atoms. The first-order chi connectivity index (χ1) is 14.0. The number of piperidine rings is 1. The van der Waals surface area contributed by atoms with Crippen LogP contribution in [0.2, 0.25) is 5.02 Å². The van der Waals surface area contributed by atoms with Gasteiger partial charge in [-0.1, -0.05) is 22.8 Å². The number of benzene rings is 2. The van der Waals surface area contributed by atoms with Crippen molar-refractivity contribution in [2.24, 2.45) is 0 Å². The number of nitrogens with zero attached hydrogens (tertiary/aromatic N) is 3. The molecule has 0 spiro atoms. The van der Waals surface area contributed by atoms with Gasteiger partial charge in [0, 0.05) is 29.6 Å². The molecule has 29 heavy (non-hydrogen) atoms. The zero-order chi connectivity index (χ0) is 20.4. The molecular weight excluding hydrogens is 414 g/mol. The van der Waals surface area contributed by atoms with Gasteiger partial charge < -0.3 is 9.26 Å². The van der Waals surface area contributed by atoms with Crippen LogP contribution in [0.1, 0.15) is 24.6 Å². The lowest BCUT2D eigenvalue weighted by Crippen LogP contribution is -2.38. The Bertz CT molecular complexity index is 1090. The number of methoxy groups -OCH3 is 1. The normalized spacial score (nSPS) is 16.1. The summed E-state index contributed by atoms with van der Waals surface area (Å²) in [5.41, 5.74) is 0.783. The van der Waals surface area contributed by atoms with Crippen LogP contribution in [-0.4, -0.2) is 43.1 Å². The summed E-state index contributed by atoms with van der Waals surface area (Å²) in [5.74, 6) is 1.79. The van der Waals surface area contributed by atoms with Crippen LogP contribution in [0.15, 0.2) is 57.9 Å². The SMILES string of the molecule is COc1cccc(-c2nc(C3CCN(S(=O)(=O)c4ccc(Cl)cc4)CC3)no2)c1. The van der Waals surface area contributed by atoms with Crippen molar-refractivity contribution in [3.8, 4) is 17.2 Å². The van der Waals surface area contributed by atoms with Gasteiger partial charge in [0.05, 0.1) is 12.0 Å². The van der Waals surface area contributed by atoms with E-state index in [2.05, 4.69) is 10.1 Å². The molecule has 1 fully saturated rings. The van der Waals surface area contributed by atoms with Gasteiger partial charge in [0.15, 0.2) is 5.82 Å². The highest BCUT2D eigenvalue weighted by Gasteiger charge is 2.31. The summed E-state index contributed by atoms with van der Waals surface area (Å²) in [7, 11) is -1.93. The Labute approximate surface area is 174 Å². The average Bonchev–Trinajstić information content (AvgIpc) is 3.24. The smallest absolute Gasteiger partial charge is 0.258 e. The Morgan fingerprint density at radius 3 is 2.55 bits per heavy atom. The first-order valence-electron chi connectivity index (χ1n) is 9.21. The lowest BCUT2D eigenvalue weighted by Gasteiger charge is -2.29. The first kappa shape index (κ1) is 19.9. The summed E-state index contributed by atoms with van der Waals surface area (Å²) >= 11 is 5.86. The lowest BCUT2D eigenvalue weighted by atomic mass is 9.97. The molecule has 0 saturated carbocycles. The highest BCUT2D eigenvalue weighted by atomic mass is 35.5. The highest BCUT2D eigenvalue weighted by molar-refractivity contribution is 7.89. The number of hydrogen-bond acceptors (Lipinski definition) is 6. The summed E-state index contributed by atoms with van der Waals surface area (Å²) in [6.07, 6.45) is 1.26. The van der Waals surface area contributed by atoms with Crippen molar-refractivity contribution in [2.45, 2.75) is 23.7 Å². The minimum absolute atomic E-state index is 0.0507. The maximum atomic E-state index is 12.8. The largest absolute Gasteiger partial charge is 0.497 e. The Balaban J connectivity index is 1.45. The van der Waals surface area contributed by atoms with Crippen molar-refractivity contribution >= 4 is 21.6 Å². The second-order valence-electron chi connectivity index (χ2n) is 6.82. The third kappa shape index (κ3) is 4.14. The van der Waals surface area contributed by atoms with E-state index in [0.29, 0.717) is 48.4 Å². The molecule has 2 aromatic carbocycles. The summed E-state index contributed by atoms with van der Waals surface area (Å²) in [5, 5.41) is 4.62. The van der Waals surface area contributed by atoms with Crippen LogP contribution in [0.4, 0.5) is 0 Å². The van der Waals surface area contributed by atoms with Crippen LogP contribution >= 0.6 is 11.6 Å². The fraction of sp³-hybridized carbons (Fsp3) is 0.300. The zero-order valence-electron chi connectivity index (χ0n) is 15.8. The monoisotopic (exact) mass is 433 g/mol. The minimum Gasteiger partial charge on any atom is -0.497 e. The minimum atomic E-state index is -3.53. The van der Waals surface area contributed by atoms with Crippen molar-refractivity contribution < 1.29 is 17.7 Å². The molecule has 1 aromatic heterocycles. The molecule has 0 amide bonds. The fourth-order valence-electron chi connectivity index (χ4n) is 3.38. The number of aromatic nitrogens is 2. The number of halogens is 1. The molecule has 152 valence electrons. The molecule has 9 heteroatoms. The summed E-state index contributed by atoms with van der Waals surface area (Å²) < 4.78 is 37.8. The molecule has 3 aromatic rings. The Kier molecular flexibility index (Phi) is 5.58. The zero-order valence-corrected chi connectivity index (χ0v) is 17.4. The fourth-order valence-corrected chi connectivity index (χ4v) is 4.98. The van der Waals surface area contributed by atoms with Crippen LogP contribution < -0.4 is 4.74 Å². The van der Waals surface area contributed by atoms with Gasteiger partial charge in [0.2, 0.25) is 10.0 Å². The van der Waals surface area contributed by atoms with E-state index < -0.39 is 10.0 Å². The quantitative estimate of drug-likeness (QED) is 0.605. The third-order valence-corrected chi connectivity index (χ3v) is 7.19. The van der Waals surface area contributed by atoms with E-state index in [-0.39, 0.29) is 10.8 Å². The number of rotatable bonds is 5. The van der Waals surface area contributed by atoms with Gasteiger partial charge in [-0.25, -0.2) is 8.42 Å². The van der Waals surface area contributed by atoms with E-state index in [1.807, 2.05) is 24.3 Å². The van der Waals surface area contributed by atoms with Crippen LogP contribution in [-0.2, 0) is 10.0 Å². The number of hydrogen-bond donors (Lipinski definition) is 0. The van der Waals surface area contributed by atoms with Gasteiger partial charge in [-0.3, -0.25) is 0 Å². The van der Waals surface area contributed by atoms with Gasteiger partial charge >= 0.3 is 0 Å². The lowest BCUT2D eigenvalue weighted by molar-refractivity contribution is 0.307. The van der Waals surface area contributed by atoms with Gasteiger partial charge in [0.25, 0.3) is 5.89 Å². The Morgan fingerprint density at radius 1 is 1.14 bits per heavy atom. The molecule has 0 aliphatic carbocycles. The van der Waals surface area contributed by atoms with Crippen LogP contribution in [0.3, 0.4) is 0 Å². The van der Waals surface area contributed by atoms with Gasteiger partial charge in [-0.05, 0) is 55.3 Å². The van der Waals surface area contributed by atoms with Crippen molar-refractivity contribution in [1.82, 2.24) is 14.4 Å². The predicted octanol–water partition coefficient (Wildman–Crippen LogP) is 3.97. The van der Waals surface area contributed by atoms with E-state index in [9.17, 15) is 8.42 Å². The van der Waals surface area contributed by atoms with E-state index in [1.165, 1.54) is 16.4 Å². The Morgan fingerprint density at radius 2 is 1.86 bits per heavy atom. The molecule has 1 aliphatic rings. The Hall–Kier alpha value is -2.42. The van der Waals surface area contributed by atoms with Crippen molar-refractivity contribution in [1.29, 1.82) is 0 Å². The molecular formula is C20H20ClN3O4S. The van der Waals surface area contributed by atoms with Crippen LogP contribution in [0.5, 0.6) is 5.75 Å². The van der Waals surface area contributed by atoms with Crippen molar-refractivity contribution in [3.05, 3.63) is 59.4 Å². The highest BCUT2D eigenvalue weighted by Crippen LogP contribution is 2.31. The molecule has 0 atom stereocenters. The van der Waals surface area contributed by atoms with Crippen molar-refractivity contribution in [2.75, 3.05) is 20.2 Å². The predicted molar refractivity (Wildman–Crippen MR) is 108 cm³/mol. The average molecular weight is 434 g/mol. The second kappa shape index (κ2) is 8.14. The number of sulfonamides is 1. The number of ether oxygens (including phenoxy) is 1. The van der Waals surface area contributed by atoms with Gasteiger partial charge in [-0.2, -0.15) is 9.29 Å². The molecule has 7 nitrogen and oxygen atoms in total. The topological polar surface area (TPSA) is 85.5 Å². The van der Waals surface area contributed by atoms with Crippen molar-refractivity contribution in [3.63, 3.8) is 0 Å². The molecule has 1 saturated heterocycles. The summed E-state index contributed by atoms with van der Waals surface area (Å²) in [4.78, 5) is 4.77. The third-order valence-electron chi connectivity index (χ3n) is 5.03. The van der Waals surface area contributed by atoms with Crippen LogP contribution in [0, 0.1) is 0 Å². The van der Waals surface area contributed by atoms with E-state index in [1.54, 1.807) is 19.2 Å². The van der Waals surface area contributed by atoms with E-state index in [4.69, 9.17) is 20.9 Å². The molecule has 4 rings (SSSR count). The molecule has 1 aliphatic heterocycles. The summed E-state index contributed by atoms with van der Waals surface area (Å²) in [6, 6.07) is 13.6. The molecule has 2 heterocycles. The maximum Gasteiger partial charge on any atom is 0.258 e.